The van der Waals surface area contributed by atoms with E-state index < -0.39 is 0 Å². The predicted molar refractivity (Wildman–Crippen MR) is 5.28 cm³/mol. The van der Waals surface area contributed by atoms with Gasteiger partial charge in [-0.25, -0.2) is 0 Å². The van der Waals surface area contributed by atoms with Gasteiger partial charge in [0.1, 0.15) is 0 Å². The van der Waals surface area contributed by atoms with Crippen molar-refractivity contribution in [3.05, 3.63) is 6.15 Å². The standard InChI is InChI=1S/2ClH.H2N.Ti/h2*1H;1H2;/q;;-1;+3/p-2. The largest absolute Gasteiger partial charge is 3.00 e. The van der Waals surface area contributed by atoms with Crippen molar-refractivity contribution in [3.63, 3.8) is 0 Å². The average Bonchev–Trinajstić information content (AvgIpc) is 0. The van der Waals surface area contributed by atoms with Crippen LogP contribution in [0.3, 0.4) is 0 Å². The zero-order valence-corrected chi connectivity index (χ0v) is 4.91. The minimum absolute atomic E-state index is 0. The van der Waals surface area contributed by atoms with Gasteiger partial charge in [-0.05, 0) is 0 Å². The zero-order valence-electron chi connectivity index (χ0n) is 1.83. The van der Waals surface area contributed by atoms with E-state index in [1.807, 2.05) is 0 Å². The maximum Gasteiger partial charge on any atom is 3.00 e. The van der Waals surface area contributed by atoms with Gasteiger partial charge in [0.15, 0.2) is 0 Å². The third-order valence-electron chi connectivity index (χ3n) is 0. The van der Waals surface area contributed by atoms with Gasteiger partial charge in [-0.3, -0.25) is 0 Å². The van der Waals surface area contributed by atoms with Gasteiger partial charge in [-0.2, -0.15) is 0 Å². The van der Waals surface area contributed by atoms with Gasteiger partial charge in [0.25, 0.3) is 0 Å². The SMILES string of the molecule is [Cl-].[Cl-].[NH2-].[Ti+3]. The van der Waals surface area contributed by atoms with Crippen molar-refractivity contribution < 1.29 is 46.5 Å². The van der Waals surface area contributed by atoms with Crippen LogP contribution in [0.2, 0.25) is 0 Å². The van der Waals surface area contributed by atoms with E-state index in [9.17, 15) is 0 Å². The minimum Gasteiger partial charge on any atom is -1.00 e. The molecule has 2 N–H and O–H groups in total. The van der Waals surface area contributed by atoms with Crippen molar-refractivity contribution in [1.82, 2.24) is 0 Å². The van der Waals surface area contributed by atoms with E-state index in [-0.39, 0.29) is 52.7 Å². The number of rotatable bonds is 0. The molecule has 0 aliphatic rings. The van der Waals surface area contributed by atoms with Crippen LogP contribution in [-0.2, 0) is 21.7 Å². The molecule has 4 heteroatoms. The molecule has 0 saturated carbocycles. The smallest absolute Gasteiger partial charge is 1.00 e. The summed E-state index contributed by atoms with van der Waals surface area (Å²) in [5.41, 5.74) is 0. The van der Waals surface area contributed by atoms with Gasteiger partial charge in [0, 0.05) is 0 Å². The van der Waals surface area contributed by atoms with Gasteiger partial charge >= 0.3 is 21.7 Å². The molecule has 0 aromatic heterocycles. The first-order chi connectivity index (χ1) is 0. The third-order valence-corrected chi connectivity index (χ3v) is 0. The molecular formula is H2Cl2NTi. The monoisotopic (exact) mass is 134 g/mol. The average molecular weight is 135 g/mol. The molecule has 0 spiro atoms. The Bertz CT molecular complexity index is 6.00. The van der Waals surface area contributed by atoms with Crippen LogP contribution < -0.4 is 24.8 Å². The maximum atomic E-state index is 0. The Balaban J connectivity index is 0. The molecule has 0 aromatic rings. The Morgan fingerprint density at radius 3 is 0.750 bits per heavy atom. The second-order valence-electron chi connectivity index (χ2n) is 0. The summed E-state index contributed by atoms with van der Waals surface area (Å²) in [6.07, 6.45) is 0. The van der Waals surface area contributed by atoms with Crippen LogP contribution in [0, 0.1) is 0 Å². The molecule has 0 bridgehead atoms. The summed E-state index contributed by atoms with van der Waals surface area (Å²) < 4.78 is 0. The Kier molecular flexibility index (Phi) is 433. The van der Waals surface area contributed by atoms with Crippen molar-refractivity contribution in [2.45, 2.75) is 0 Å². The van der Waals surface area contributed by atoms with Crippen molar-refractivity contribution >= 4 is 0 Å². The molecule has 4 heavy (non-hydrogen) atoms. The Labute approximate surface area is 52.8 Å². The Morgan fingerprint density at radius 2 is 0.750 bits per heavy atom. The predicted octanol–water partition coefficient (Wildman–Crippen LogP) is -5.28. The molecule has 0 atom stereocenters. The van der Waals surface area contributed by atoms with E-state index in [1.165, 1.54) is 0 Å². The van der Waals surface area contributed by atoms with Gasteiger partial charge in [-0.1, -0.05) is 0 Å². The van der Waals surface area contributed by atoms with Gasteiger partial charge < -0.3 is 31.0 Å². The van der Waals surface area contributed by atoms with E-state index >= 15 is 0 Å². The van der Waals surface area contributed by atoms with Crippen molar-refractivity contribution in [1.29, 1.82) is 0 Å². The maximum absolute atomic E-state index is 0. The molecule has 0 saturated heterocycles. The fourth-order valence-electron chi connectivity index (χ4n) is 0. The quantitative estimate of drug-likeness (QED) is 0.297. The van der Waals surface area contributed by atoms with Crippen molar-refractivity contribution in [3.8, 4) is 0 Å². The van der Waals surface area contributed by atoms with Crippen molar-refractivity contribution in [2.75, 3.05) is 0 Å². The fraction of sp³-hybridized carbons (Fsp3) is 0. The summed E-state index contributed by atoms with van der Waals surface area (Å²) in [6.45, 7) is 0. The number of hydrogen-bond acceptors (Lipinski definition) is 0. The van der Waals surface area contributed by atoms with Crippen molar-refractivity contribution in [2.24, 2.45) is 0 Å². The molecule has 25 valence electrons. The molecule has 0 rings (SSSR count). The molecule has 0 aromatic carbocycles. The summed E-state index contributed by atoms with van der Waals surface area (Å²) in [5, 5.41) is 0. The fourth-order valence-corrected chi connectivity index (χ4v) is 0. The first kappa shape index (κ1) is 60.4. The second-order valence-corrected chi connectivity index (χ2v) is 0. The number of nitrogens with two attached hydrogens (primary N) is 1. The minimum atomic E-state index is 0. The molecule has 0 amide bonds. The van der Waals surface area contributed by atoms with Crippen LogP contribution in [0.25, 0.3) is 6.15 Å². The van der Waals surface area contributed by atoms with Crippen LogP contribution in [0.1, 0.15) is 0 Å². The van der Waals surface area contributed by atoms with E-state index in [1.54, 1.807) is 0 Å². The molecule has 0 aliphatic carbocycles. The Hall–Kier alpha value is 1.25. The second kappa shape index (κ2) is 28.6. The van der Waals surface area contributed by atoms with Crippen LogP contribution >= 0.6 is 0 Å². The van der Waals surface area contributed by atoms with Crippen LogP contribution in [-0.4, -0.2) is 0 Å². The van der Waals surface area contributed by atoms with E-state index in [2.05, 4.69) is 0 Å². The van der Waals surface area contributed by atoms with Gasteiger partial charge in [0.2, 0.25) is 0 Å². The summed E-state index contributed by atoms with van der Waals surface area (Å²) in [4.78, 5) is 0. The normalized spacial score (nSPS) is 0. The van der Waals surface area contributed by atoms with E-state index in [0.717, 1.165) is 0 Å². The van der Waals surface area contributed by atoms with E-state index in [4.69, 9.17) is 0 Å². The van der Waals surface area contributed by atoms with Crippen LogP contribution in [0.5, 0.6) is 0 Å². The van der Waals surface area contributed by atoms with Gasteiger partial charge in [0.05, 0.1) is 0 Å². The van der Waals surface area contributed by atoms with Crippen LogP contribution in [0.4, 0.5) is 0 Å². The molecule has 0 unspecified atom stereocenters. The summed E-state index contributed by atoms with van der Waals surface area (Å²) in [5.74, 6) is 0. The first-order valence-electron chi connectivity index (χ1n) is 0. The molecular weight excluding hydrogens is 133 g/mol. The number of halogens is 2. The number of hydrogen-bond donors (Lipinski definition) is 0. The molecule has 0 fully saturated rings. The molecule has 0 aliphatic heterocycles. The topological polar surface area (TPSA) is 33.5 Å². The van der Waals surface area contributed by atoms with E-state index in [0.29, 0.717) is 0 Å². The molecule has 1 radical (unpaired) electrons. The third kappa shape index (κ3) is 10.5. The van der Waals surface area contributed by atoms with Gasteiger partial charge in [-0.15, -0.1) is 0 Å². The Morgan fingerprint density at radius 1 is 0.750 bits per heavy atom. The zero-order chi connectivity index (χ0) is 0. The summed E-state index contributed by atoms with van der Waals surface area (Å²) in [7, 11) is 0. The first-order valence-corrected chi connectivity index (χ1v) is 0. The molecule has 1 nitrogen and oxygen atoms in total. The van der Waals surface area contributed by atoms with Crippen LogP contribution in [0.15, 0.2) is 0 Å². The summed E-state index contributed by atoms with van der Waals surface area (Å²) in [6, 6.07) is 0. The molecule has 0 heterocycles. The summed E-state index contributed by atoms with van der Waals surface area (Å²) >= 11 is 0.